The number of allylic oxidation sites excluding steroid dienone is 2. The van der Waals surface area contributed by atoms with Crippen LogP contribution in [0.2, 0.25) is 0 Å². The number of nitrogens with one attached hydrogen (secondary N) is 1. The Morgan fingerprint density at radius 3 is 2.91 bits per heavy atom. The van der Waals surface area contributed by atoms with Crippen molar-refractivity contribution in [3.63, 3.8) is 0 Å². The third kappa shape index (κ3) is 2.06. The quantitative estimate of drug-likeness (QED) is 0.482. The third-order valence-electron chi connectivity index (χ3n) is 1.67. The normalized spacial score (nSPS) is 36.1. The molecule has 3 N–H and O–H groups in total. The predicted molar refractivity (Wildman–Crippen MR) is 48.5 cm³/mol. The first-order valence-corrected chi connectivity index (χ1v) is 4.12. The Morgan fingerprint density at radius 1 is 1.64 bits per heavy atom. The summed E-state index contributed by atoms with van der Waals surface area (Å²) in [4.78, 5) is -0.759. The predicted octanol–water partition coefficient (Wildman–Crippen LogP) is 0.984. The van der Waals surface area contributed by atoms with Crippen LogP contribution >= 0.6 is 11.6 Å². The first-order valence-electron chi connectivity index (χ1n) is 3.74. The molecule has 1 aliphatic rings. The zero-order valence-corrected chi connectivity index (χ0v) is 7.31. The molecule has 0 bridgehead atoms. The first kappa shape index (κ1) is 8.78. The summed E-state index contributed by atoms with van der Waals surface area (Å²) in [6.45, 7) is 2.90. The molecule has 0 heterocycles. The Balaban J connectivity index is 2.64. The van der Waals surface area contributed by atoms with Crippen molar-refractivity contribution < 1.29 is 0 Å². The van der Waals surface area contributed by atoms with Crippen LogP contribution in [0.25, 0.3) is 0 Å². The van der Waals surface area contributed by atoms with E-state index < -0.39 is 5.00 Å². The molecule has 0 amide bonds. The van der Waals surface area contributed by atoms with Gasteiger partial charge in [0.05, 0.1) is 6.04 Å². The van der Waals surface area contributed by atoms with Gasteiger partial charge in [-0.1, -0.05) is 36.8 Å². The van der Waals surface area contributed by atoms with Gasteiger partial charge in [-0.15, -0.1) is 0 Å². The number of rotatable bonds is 2. The Hall–Kier alpha value is -0.310. The lowest BCUT2D eigenvalue weighted by molar-refractivity contribution is 0.519. The molecule has 0 aliphatic heterocycles. The summed E-state index contributed by atoms with van der Waals surface area (Å²) < 4.78 is 0. The Labute approximate surface area is 72.1 Å². The monoisotopic (exact) mass is 172 g/mol. The van der Waals surface area contributed by atoms with E-state index in [2.05, 4.69) is 5.32 Å². The minimum Gasteiger partial charge on any atom is -0.308 e. The molecule has 0 saturated carbocycles. The van der Waals surface area contributed by atoms with Crippen LogP contribution in [0, 0.1) is 0 Å². The summed E-state index contributed by atoms with van der Waals surface area (Å²) >= 11 is 5.99. The maximum absolute atomic E-state index is 5.99. The minimum absolute atomic E-state index is 0.0409. The van der Waals surface area contributed by atoms with Crippen molar-refractivity contribution in [2.45, 2.75) is 18.0 Å². The third-order valence-corrected chi connectivity index (χ3v) is 2.03. The summed E-state index contributed by atoms with van der Waals surface area (Å²) in [7, 11) is 0. The molecule has 2 atom stereocenters. The van der Waals surface area contributed by atoms with Gasteiger partial charge < -0.3 is 11.1 Å². The van der Waals surface area contributed by atoms with Crippen LogP contribution < -0.4 is 11.1 Å². The fraction of sp³-hybridized carbons (Fsp3) is 0.500. The van der Waals surface area contributed by atoms with Gasteiger partial charge in [-0.25, -0.2) is 0 Å². The number of hydrogen-bond acceptors (Lipinski definition) is 2. The molecule has 0 spiro atoms. The number of nitrogens with two attached hydrogens (primary N) is 1. The lowest BCUT2D eigenvalue weighted by atomic mass is 10.0. The van der Waals surface area contributed by atoms with E-state index in [1.165, 1.54) is 0 Å². The molecule has 2 nitrogen and oxygen atoms in total. The number of likely N-dealkylation sites (N-methyl/N-ethyl adjacent to an activating group) is 1. The number of alkyl halides is 1. The smallest absolute Gasteiger partial charge is 0.129 e. The zero-order chi connectivity index (χ0) is 8.32. The van der Waals surface area contributed by atoms with E-state index in [4.69, 9.17) is 17.3 Å². The van der Waals surface area contributed by atoms with Gasteiger partial charge in [-0.3, -0.25) is 0 Å². The highest BCUT2D eigenvalue weighted by Crippen LogP contribution is 2.19. The SMILES string of the molecule is CCNC1C=CC=CC1(N)Cl. The molecule has 0 aromatic carbocycles. The Kier molecular flexibility index (Phi) is 2.71. The van der Waals surface area contributed by atoms with Gasteiger partial charge in [0.2, 0.25) is 0 Å². The molecular weight excluding hydrogens is 160 g/mol. The second-order valence-corrected chi connectivity index (χ2v) is 3.26. The molecule has 0 aromatic heterocycles. The molecule has 0 fully saturated rings. The van der Waals surface area contributed by atoms with Gasteiger partial charge in [0, 0.05) is 0 Å². The van der Waals surface area contributed by atoms with E-state index in [0.29, 0.717) is 0 Å². The van der Waals surface area contributed by atoms with E-state index in [-0.39, 0.29) is 6.04 Å². The highest BCUT2D eigenvalue weighted by atomic mass is 35.5. The van der Waals surface area contributed by atoms with Crippen molar-refractivity contribution in [2.24, 2.45) is 5.73 Å². The van der Waals surface area contributed by atoms with E-state index in [9.17, 15) is 0 Å². The van der Waals surface area contributed by atoms with E-state index in [1.54, 1.807) is 6.08 Å². The second-order valence-electron chi connectivity index (χ2n) is 2.61. The summed E-state index contributed by atoms with van der Waals surface area (Å²) in [5, 5.41) is 3.18. The summed E-state index contributed by atoms with van der Waals surface area (Å²) in [5.41, 5.74) is 5.77. The summed E-state index contributed by atoms with van der Waals surface area (Å²) in [6.07, 6.45) is 7.57. The van der Waals surface area contributed by atoms with Crippen LogP contribution in [0.3, 0.4) is 0 Å². The Morgan fingerprint density at radius 2 is 2.36 bits per heavy atom. The maximum Gasteiger partial charge on any atom is 0.129 e. The lowest BCUT2D eigenvalue weighted by Gasteiger charge is -2.29. The molecule has 1 rings (SSSR count). The van der Waals surface area contributed by atoms with E-state index in [0.717, 1.165) is 6.54 Å². The van der Waals surface area contributed by atoms with Gasteiger partial charge in [0.25, 0.3) is 0 Å². The van der Waals surface area contributed by atoms with Crippen molar-refractivity contribution in [1.82, 2.24) is 5.32 Å². The van der Waals surface area contributed by atoms with Crippen molar-refractivity contribution in [2.75, 3.05) is 6.54 Å². The number of halogens is 1. The molecule has 3 heteroatoms. The largest absolute Gasteiger partial charge is 0.308 e. The molecule has 62 valence electrons. The van der Waals surface area contributed by atoms with E-state index >= 15 is 0 Å². The first-order chi connectivity index (χ1) is 5.17. The second kappa shape index (κ2) is 3.39. The average Bonchev–Trinajstić information content (AvgIpc) is 1.94. The standard InChI is InChI=1S/C8H13ClN2/c1-2-11-7-5-3-4-6-8(7,9)10/h3-7,11H,2,10H2,1H3. The van der Waals surface area contributed by atoms with Crippen LogP contribution in [-0.2, 0) is 0 Å². The van der Waals surface area contributed by atoms with Crippen LogP contribution in [0.15, 0.2) is 24.3 Å². The number of hydrogen-bond donors (Lipinski definition) is 2. The summed E-state index contributed by atoms with van der Waals surface area (Å²) in [5.74, 6) is 0. The van der Waals surface area contributed by atoms with Crippen LogP contribution in [0.4, 0.5) is 0 Å². The molecule has 0 aromatic rings. The van der Waals surface area contributed by atoms with Crippen LogP contribution in [-0.4, -0.2) is 17.6 Å². The van der Waals surface area contributed by atoms with Crippen molar-refractivity contribution >= 4 is 11.6 Å². The highest BCUT2D eigenvalue weighted by Gasteiger charge is 2.28. The fourth-order valence-electron chi connectivity index (χ4n) is 1.07. The molecule has 11 heavy (non-hydrogen) atoms. The van der Waals surface area contributed by atoms with Crippen LogP contribution in [0.5, 0.6) is 0 Å². The average molecular weight is 173 g/mol. The molecular formula is C8H13ClN2. The lowest BCUT2D eigenvalue weighted by Crippen LogP contribution is -2.51. The topological polar surface area (TPSA) is 38.0 Å². The van der Waals surface area contributed by atoms with Gasteiger partial charge >= 0.3 is 0 Å². The van der Waals surface area contributed by atoms with Crippen molar-refractivity contribution in [3.8, 4) is 0 Å². The highest BCUT2D eigenvalue weighted by molar-refractivity contribution is 6.25. The fourth-order valence-corrected chi connectivity index (χ4v) is 1.30. The molecule has 0 saturated heterocycles. The van der Waals surface area contributed by atoms with Crippen LogP contribution in [0.1, 0.15) is 6.92 Å². The Bertz CT molecular complexity index is 185. The molecule has 0 radical (unpaired) electrons. The zero-order valence-electron chi connectivity index (χ0n) is 6.55. The van der Waals surface area contributed by atoms with Crippen molar-refractivity contribution in [1.29, 1.82) is 0 Å². The molecule has 1 aliphatic carbocycles. The summed E-state index contributed by atoms with van der Waals surface area (Å²) in [6, 6.07) is 0.0409. The van der Waals surface area contributed by atoms with Gasteiger partial charge in [0.15, 0.2) is 0 Å². The maximum atomic E-state index is 5.99. The van der Waals surface area contributed by atoms with E-state index in [1.807, 2.05) is 25.2 Å². The van der Waals surface area contributed by atoms with Crippen molar-refractivity contribution in [3.05, 3.63) is 24.3 Å². The van der Waals surface area contributed by atoms with Gasteiger partial charge in [0.1, 0.15) is 5.00 Å². The van der Waals surface area contributed by atoms with Gasteiger partial charge in [-0.05, 0) is 12.6 Å². The van der Waals surface area contributed by atoms with Gasteiger partial charge in [-0.2, -0.15) is 0 Å². The molecule has 2 unspecified atom stereocenters. The minimum atomic E-state index is -0.759.